The van der Waals surface area contributed by atoms with Crippen LogP contribution in [-0.2, 0) is 12.8 Å². The summed E-state index contributed by atoms with van der Waals surface area (Å²) in [6.07, 6.45) is 2.83. The Labute approximate surface area is 136 Å². The Bertz CT molecular complexity index is 1030. The molecule has 0 bridgehead atoms. The lowest BCUT2D eigenvalue weighted by molar-refractivity contribution is 0.318. The molecule has 1 N–H and O–H groups in total. The van der Waals surface area contributed by atoms with E-state index in [1.165, 1.54) is 4.88 Å². The van der Waals surface area contributed by atoms with Gasteiger partial charge in [0.1, 0.15) is 0 Å². The zero-order chi connectivity index (χ0) is 16.2. The molecule has 0 radical (unpaired) electrons. The van der Waals surface area contributed by atoms with Crippen molar-refractivity contribution in [2.45, 2.75) is 33.1 Å². The Morgan fingerprint density at radius 2 is 2.13 bits per heavy atom. The van der Waals surface area contributed by atoms with E-state index in [0.29, 0.717) is 5.82 Å². The third-order valence-corrected chi connectivity index (χ3v) is 5.67. The molecule has 118 valence electrons. The first kappa shape index (κ1) is 14.4. The smallest absolute Gasteiger partial charge is 0.296 e. The van der Waals surface area contributed by atoms with Crippen molar-refractivity contribution in [1.29, 1.82) is 0 Å². The van der Waals surface area contributed by atoms with Crippen LogP contribution in [0.3, 0.4) is 0 Å². The Morgan fingerprint density at radius 3 is 2.87 bits per heavy atom. The Balaban J connectivity index is 1.92. The maximum Gasteiger partial charge on any atom is 0.439 e. The minimum atomic E-state index is -0.583. The van der Waals surface area contributed by atoms with E-state index in [2.05, 4.69) is 28.5 Å². The number of aromatic nitrogens is 2. The highest BCUT2D eigenvalue weighted by Crippen LogP contribution is 2.37. The maximum absolute atomic E-state index is 12.8. The maximum atomic E-state index is 12.8. The summed E-state index contributed by atoms with van der Waals surface area (Å²) >= 11 is 1.67. The molecular weight excluding hydrogens is 312 g/mol. The second kappa shape index (κ2) is 4.89. The molecule has 0 spiro atoms. The minimum absolute atomic E-state index is 0.143. The van der Waals surface area contributed by atoms with Crippen LogP contribution in [0, 0.1) is 5.41 Å². The summed E-state index contributed by atoms with van der Waals surface area (Å²) < 4.78 is 5.48. The van der Waals surface area contributed by atoms with Crippen molar-refractivity contribution in [3.8, 4) is 11.4 Å². The molecule has 2 heterocycles. The van der Waals surface area contributed by atoms with Gasteiger partial charge in [0.2, 0.25) is 0 Å². The van der Waals surface area contributed by atoms with Crippen LogP contribution in [0.2, 0.25) is 0 Å². The highest BCUT2D eigenvalue weighted by atomic mass is 32.1. The molecule has 2 aromatic heterocycles. The normalized spacial score (nSPS) is 16.4. The number of hydrogen-bond acceptors (Lipinski definition) is 5. The molecule has 5 nitrogen and oxygen atoms in total. The van der Waals surface area contributed by atoms with Crippen molar-refractivity contribution in [2.75, 3.05) is 0 Å². The van der Waals surface area contributed by atoms with Crippen molar-refractivity contribution in [3.63, 3.8) is 0 Å². The van der Waals surface area contributed by atoms with Crippen LogP contribution in [0.4, 0.5) is 0 Å². The predicted octanol–water partition coefficient (Wildman–Crippen LogP) is 3.12. The third kappa shape index (κ3) is 2.43. The molecule has 0 saturated heterocycles. The van der Waals surface area contributed by atoms with Gasteiger partial charge in [0, 0.05) is 26.1 Å². The van der Waals surface area contributed by atoms with Crippen molar-refractivity contribution >= 4 is 21.4 Å². The zero-order valence-electron chi connectivity index (χ0n) is 12.9. The van der Waals surface area contributed by atoms with Gasteiger partial charge in [-0.1, -0.05) is 25.1 Å². The van der Waals surface area contributed by atoms with E-state index in [-0.39, 0.29) is 10.8 Å². The fourth-order valence-corrected chi connectivity index (χ4v) is 4.66. The first-order chi connectivity index (χ1) is 10.9. The van der Waals surface area contributed by atoms with Gasteiger partial charge >= 0.3 is 5.76 Å². The number of fused-ring (bicyclic) bond motifs is 2. The van der Waals surface area contributed by atoms with Gasteiger partial charge in [-0.3, -0.25) is 14.3 Å². The van der Waals surface area contributed by atoms with Gasteiger partial charge in [0.15, 0.2) is 11.3 Å². The fourth-order valence-electron chi connectivity index (χ4n) is 3.16. The standard InChI is InChI=1S/C17H16N2O3S/c1-17(2)6-5-11-13(8-17)23-12-7-9(3-4-10(12)14(11)20)15-18-16(21)22-19-15/h3-4,7H,5-6,8H2,1-2H3,(H,18,19,21). The molecule has 1 aliphatic carbocycles. The number of benzene rings is 1. The quantitative estimate of drug-likeness (QED) is 0.744. The Hall–Kier alpha value is -2.21. The third-order valence-electron chi connectivity index (χ3n) is 4.47. The highest BCUT2D eigenvalue weighted by molar-refractivity contribution is 7.18. The summed E-state index contributed by atoms with van der Waals surface area (Å²) in [6, 6.07) is 5.51. The SMILES string of the molecule is CC1(C)CCc2c(sc3cc(-c4noc(=O)[nH]4)ccc3c2=O)C1. The van der Waals surface area contributed by atoms with Gasteiger partial charge in [-0.05, 0) is 36.8 Å². The van der Waals surface area contributed by atoms with Crippen LogP contribution in [0.25, 0.3) is 21.5 Å². The largest absolute Gasteiger partial charge is 0.439 e. The van der Waals surface area contributed by atoms with E-state index >= 15 is 0 Å². The summed E-state index contributed by atoms with van der Waals surface area (Å²) in [5.41, 5.74) is 2.10. The van der Waals surface area contributed by atoms with Crippen LogP contribution in [0.5, 0.6) is 0 Å². The van der Waals surface area contributed by atoms with E-state index in [9.17, 15) is 9.59 Å². The van der Waals surface area contributed by atoms with Gasteiger partial charge in [0.25, 0.3) is 0 Å². The summed E-state index contributed by atoms with van der Waals surface area (Å²) in [7, 11) is 0. The topological polar surface area (TPSA) is 76.0 Å². The van der Waals surface area contributed by atoms with Crippen LogP contribution in [0.15, 0.2) is 32.3 Å². The number of nitrogens with one attached hydrogen (secondary N) is 1. The molecule has 23 heavy (non-hydrogen) atoms. The summed E-state index contributed by atoms with van der Waals surface area (Å²) in [5.74, 6) is -0.199. The molecule has 6 heteroatoms. The first-order valence-corrected chi connectivity index (χ1v) is 8.40. The Kier molecular flexibility index (Phi) is 3.06. The Morgan fingerprint density at radius 1 is 1.30 bits per heavy atom. The molecule has 0 atom stereocenters. The van der Waals surface area contributed by atoms with E-state index in [1.54, 1.807) is 17.4 Å². The second-order valence-electron chi connectivity index (χ2n) is 6.83. The lowest BCUT2D eigenvalue weighted by Gasteiger charge is -2.30. The van der Waals surface area contributed by atoms with Gasteiger partial charge < -0.3 is 0 Å². The summed E-state index contributed by atoms with van der Waals surface area (Å²) in [6.45, 7) is 4.49. The van der Waals surface area contributed by atoms with E-state index in [0.717, 1.165) is 40.5 Å². The second-order valence-corrected chi connectivity index (χ2v) is 7.97. The van der Waals surface area contributed by atoms with Gasteiger partial charge in [-0.25, -0.2) is 4.79 Å². The summed E-state index contributed by atoms with van der Waals surface area (Å²) in [5, 5.41) is 4.45. The molecular formula is C17H16N2O3S. The molecule has 0 amide bonds. The van der Waals surface area contributed by atoms with E-state index in [4.69, 9.17) is 0 Å². The number of aromatic amines is 1. The highest BCUT2D eigenvalue weighted by Gasteiger charge is 2.28. The van der Waals surface area contributed by atoms with Gasteiger partial charge in [-0.15, -0.1) is 11.3 Å². The molecule has 0 aliphatic heterocycles. The lowest BCUT2D eigenvalue weighted by Crippen LogP contribution is -2.26. The number of rotatable bonds is 1. The monoisotopic (exact) mass is 328 g/mol. The number of nitrogens with zero attached hydrogens (tertiary/aromatic N) is 1. The predicted molar refractivity (Wildman–Crippen MR) is 90.0 cm³/mol. The van der Waals surface area contributed by atoms with E-state index < -0.39 is 5.76 Å². The average molecular weight is 328 g/mol. The molecule has 3 aromatic rings. The fraction of sp³-hybridized carbons (Fsp3) is 0.353. The van der Waals surface area contributed by atoms with E-state index in [1.807, 2.05) is 12.1 Å². The van der Waals surface area contributed by atoms with Crippen LogP contribution in [-0.4, -0.2) is 10.1 Å². The molecule has 1 aliphatic rings. The van der Waals surface area contributed by atoms with Crippen molar-refractivity contribution in [3.05, 3.63) is 49.4 Å². The number of hydrogen-bond donors (Lipinski definition) is 1. The summed E-state index contributed by atoms with van der Waals surface area (Å²) in [4.78, 5) is 27.6. The van der Waals surface area contributed by atoms with Crippen LogP contribution >= 0.6 is 11.3 Å². The average Bonchev–Trinajstić information content (AvgIpc) is 2.92. The van der Waals surface area contributed by atoms with Crippen LogP contribution < -0.4 is 11.2 Å². The number of H-pyrrole nitrogens is 1. The van der Waals surface area contributed by atoms with Crippen molar-refractivity contribution in [2.24, 2.45) is 5.41 Å². The molecule has 0 unspecified atom stereocenters. The molecule has 0 fully saturated rings. The molecule has 4 rings (SSSR count). The van der Waals surface area contributed by atoms with Crippen LogP contribution in [0.1, 0.15) is 30.7 Å². The van der Waals surface area contributed by atoms with Gasteiger partial charge in [0.05, 0.1) is 0 Å². The zero-order valence-corrected chi connectivity index (χ0v) is 13.8. The van der Waals surface area contributed by atoms with Crippen molar-refractivity contribution in [1.82, 2.24) is 10.1 Å². The molecule has 1 aromatic carbocycles. The van der Waals surface area contributed by atoms with Gasteiger partial charge in [-0.2, -0.15) is 0 Å². The lowest BCUT2D eigenvalue weighted by atomic mass is 9.77. The molecule has 0 saturated carbocycles. The minimum Gasteiger partial charge on any atom is -0.296 e. The van der Waals surface area contributed by atoms with Crippen molar-refractivity contribution < 1.29 is 4.52 Å². The first-order valence-electron chi connectivity index (χ1n) is 7.58.